The van der Waals surface area contributed by atoms with Gasteiger partial charge in [0.05, 0.1) is 0 Å². The van der Waals surface area contributed by atoms with Crippen LogP contribution in [0.15, 0.2) is 178 Å². The van der Waals surface area contributed by atoms with Crippen LogP contribution in [0.5, 0.6) is 0 Å². The standard InChI is InChI=1S/C47H29N3OS/c1-2-11-29(12-3-1)45-48-46(34-20-21-37-36-16-8-9-17-42(36)52-43(37)27-34)50-47(49-45)39-24-35(33-19-18-28-10-4-5-13-30(28)22-33)26-41-44(39)38-23-31-14-6-7-15-32(31)25-40(38)51-41/h1-27,46H,(H,48,49,50). The molecule has 0 bridgehead atoms. The van der Waals surface area contributed by atoms with E-state index >= 15 is 0 Å². The summed E-state index contributed by atoms with van der Waals surface area (Å²) >= 11 is 1.82. The molecule has 2 aromatic heterocycles. The number of benzene rings is 8. The fourth-order valence-electron chi connectivity index (χ4n) is 7.70. The Hall–Kier alpha value is -6.56. The molecular formula is C47H29N3OS. The van der Waals surface area contributed by atoms with Crippen molar-refractivity contribution in [2.45, 2.75) is 6.17 Å². The van der Waals surface area contributed by atoms with Crippen LogP contribution in [0.2, 0.25) is 0 Å². The summed E-state index contributed by atoms with van der Waals surface area (Å²) in [6.07, 6.45) is -0.351. The van der Waals surface area contributed by atoms with Crippen molar-refractivity contribution in [2.24, 2.45) is 9.98 Å². The molecule has 244 valence electrons. The highest BCUT2D eigenvalue weighted by atomic mass is 32.1. The highest BCUT2D eigenvalue weighted by molar-refractivity contribution is 7.25. The van der Waals surface area contributed by atoms with E-state index in [1.54, 1.807) is 0 Å². The number of thiophene rings is 1. The zero-order chi connectivity index (χ0) is 34.2. The summed E-state index contributed by atoms with van der Waals surface area (Å²) < 4.78 is 9.26. The third kappa shape index (κ3) is 4.74. The molecule has 0 saturated carbocycles. The van der Waals surface area contributed by atoms with E-state index in [2.05, 4.69) is 151 Å². The molecule has 0 radical (unpaired) electrons. The number of hydrogen-bond acceptors (Lipinski definition) is 5. The average Bonchev–Trinajstić information content (AvgIpc) is 3.76. The number of hydrogen-bond donors (Lipinski definition) is 1. The maximum Gasteiger partial charge on any atom is 0.159 e. The van der Waals surface area contributed by atoms with Crippen LogP contribution in [0.4, 0.5) is 0 Å². The Morgan fingerprint density at radius 3 is 2.10 bits per heavy atom. The average molecular weight is 684 g/mol. The normalized spacial score (nSPS) is 14.7. The Balaban J connectivity index is 1.14. The van der Waals surface area contributed by atoms with Crippen LogP contribution < -0.4 is 5.32 Å². The molecule has 0 saturated heterocycles. The van der Waals surface area contributed by atoms with Crippen molar-refractivity contribution in [3.8, 4) is 11.1 Å². The molecule has 10 aromatic rings. The van der Waals surface area contributed by atoms with Crippen LogP contribution in [-0.2, 0) is 0 Å². The molecule has 1 unspecified atom stereocenters. The first-order valence-corrected chi connectivity index (χ1v) is 18.3. The van der Waals surface area contributed by atoms with Gasteiger partial charge in [-0.05, 0) is 80.7 Å². The first-order chi connectivity index (χ1) is 25.7. The Bertz CT molecular complexity index is 3120. The number of amidine groups is 2. The van der Waals surface area contributed by atoms with Crippen molar-refractivity contribution >= 4 is 86.7 Å². The summed E-state index contributed by atoms with van der Waals surface area (Å²) in [6.45, 7) is 0. The van der Waals surface area contributed by atoms with E-state index in [1.807, 2.05) is 29.5 Å². The molecule has 4 nitrogen and oxygen atoms in total. The summed E-state index contributed by atoms with van der Waals surface area (Å²) in [5.41, 5.74) is 6.89. The van der Waals surface area contributed by atoms with Gasteiger partial charge in [0.15, 0.2) is 5.84 Å². The minimum atomic E-state index is -0.351. The van der Waals surface area contributed by atoms with E-state index in [1.165, 1.54) is 36.3 Å². The summed E-state index contributed by atoms with van der Waals surface area (Å²) in [5.74, 6) is 1.46. The molecule has 52 heavy (non-hydrogen) atoms. The van der Waals surface area contributed by atoms with Gasteiger partial charge in [0.25, 0.3) is 0 Å². The van der Waals surface area contributed by atoms with E-state index in [9.17, 15) is 0 Å². The number of nitrogens with zero attached hydrogens (tertiary/aromatic N) is 2. The highest BCUT2D eigenvalue weighted by Crippen LogP contribution is 2.40. The topological polar surface area (TPSA) is 49.9 Å². The summed E-state index contributed by atoms with van der Waals surface area (Å²) in [7, 11) is 0. The second-order valence-corrected chi connectivity index (χ2v) is 14.5. The van der Waals surface area contributed by atoms with Gasteiger partial charge in [-0.15, -0.1) is 11.3 Å². The number of fused-ring (bicyclic) bond motifs is 8. The Kier molecular flexibility index (Phi) is 6.45. The zero-order valence-electron chi connectivity index (χ0n) is 27.9. The quantitative estimate of drug-likeness (QED) is 0.201. The smallest absolute Gasteiger partial charge is 0.159 e. The lowest BCUT2D eigenvalue weighted by molar-refractivity contribution is 0.668. The van der Waals surface area contributed by atoms with Crippen LogP contribution in [0.1, 0.15) is 22.9 Å². The third-order valence-electron chi connectivity index (χ3n) is 10.3. The van der Waals surface area contributed by atoms with E-state index < -0.39 is 0 Å². The lowest BCUT2D eigenvalue weighted by Gasteiger charge is -2.24. The fourth-order valence-corrected chi connectivity index (χ4v) is 8.85. The Labute approximate surface area is 303 Å². The molecule has 1 aliphatic rings. The molecule has 0 fully saturated rings. The second kappa shape index (κ2) is 11.5. The van der Waals surface area contributed by atoms with Crippen molar-refractivity contribution in [2.75, 3.05) is 0 Å². The molecular weight excluding hydrogens is 655 g/mol. The molecule has 1 atom stereocenters. The van der Waals surface area contributed by atoms with Gasteiger partial charge in [0, 0.05) is 42.1 Å². The van der Waals surface area contributed by atoms with Crippen LogP contribution in [0.3, 0.4) is 0 Å². The highest BCUT2D eigenvalue weighted by Gasteiger charge is 2.25. The van der Waals surface area contributed by atoms with Crippen LogP contribution in [0, 0.1) is 0 Å². The lowest BCUT2D eigenvalue weighted by Crippen LogP contribution is -2.33. The van der Waals surface area contributed by atoms with Crippen molar-refractivity contribution in [3.05, 3.63) is 180 Å². The number of nitrogens with one attached hydrogen (secondary N) is 1. The lowest BCUT2D eigenvalue weighted by atomic mass is 9.95. The maximum absolute atomic E-state index is 6.73. The van der Waals surface area contributed by atoms with E-state index in [4.69, 9.17) is 14.4 Å². The first kappa shape index (κ1) is 29.2. The van der Waals surface area contributed by atoms with Gasteiger partial charge in [-0.2, -0.15) is 0 Å². The summed E-state index contributed by atoms with van der Waals surface area (Å²) in [5, 5.41) is 13.2. The number of furan rings is 1. The second-order valence-electron chi connectivity index (χ2n) is 13.4. The minimum absolute atomic E-state index is 0.351. The van der Waals surface area contributed by atoms with Gasteiger partial charge >= 0.3 is 0 Å². The predicted octanol–water partition coefficient (Wildman–Crippen LogP) is 12.4. The van der Waals surface area contributed by atoms with Gasteiger partial charge in [-0.3, -0.25) is 0 Å². The molecule has 1 N–H and O–H groups in total. The summed E-state index contributed by atoms with van der Waals surface area (Å²) in [6, 6.07) is 58.0. The van der Waals surface area contributed by atoms with Gasteiger partial charge < -0.3 is 9.73 Å². The Morgan fingerprint density at radius 1 is 0.500 bits per heavy atom. The van der Waals surface area contributed by atoms with Gasteiger partial charge in [-0.25, -0.2) is 9.98 Å². The summed E-state index contributed by atoms with van der Waals surface area (Å²) in [4.78, 5) is 10.5. The molecule has 3 heterocycles. The van der Waals surface area contributed by atoms with E-state index in [0.29, 0.717) is 5.84 Å². The van der Waals surface area contributed by atoms with Crippen molar-refractivity contribution in [3.63, 3.8) is 0 Å². The van der Waals surface area contributed by atoms with Gasteiger partial charge in [0.2, 0.25) is 0 Å². The van der Waals surface area contributed by atoms with E-state index in [0.717, 1.165) is 61.0 Å². The molecule has 1 aliphatic heterocycles. The zero-order valence-corrected chi connectivity index (χ0v) is 28.7. The van der Waals surface area contributed by atoms with Gasteiger partial charge in [-0.1, -0.05) is 121 Å². The maximum atomic E-state index is 6.73. The monoisotopic (exact) mass is 683 g/mol. The minimum Gasteiger partial charge on any atom is -0.456 e. The van der Waals surface area contributed by atoms with Gasteiger partial charge in [0.1, 0.15) is 23.2 Å². The third-order valence-corrected chi connectivity index (χ3v) is 11.4. The number of aliphatic imine (C=N–C) groups is 2. The van der Waals surface area contributed by atoms with Crippen molar-refractivity contribution in [1.82, 2.24) is 5.32 Å². The van der Waals surface area contributed by atoms with Crippen molar-refractivity contribution < 1.29 is 4.42 Å². The first-order valence-electron chi connectivity index (χ1n) is 17.5. The molecule has 0 aliphatic carbocycles. The van der Waals surface area contributed by atoms with Crippen molar-refractivity contribution in [1.29, 1.82) is 0 Å². The predicted molar refractivity (Wildman–Crippen MR) is 219 cm³/mol. The fraction of sp³-hybridized carbons (Fsp3) is 0.0213. The molecule has 0 amide bonds. The molecule has 11 rings (SSSR count). The van der Waals surface area contributed by atoms with Crippen LogP contribution in [-0.4, -0.2) is 11.7 Å². The number of rotatable bonds is 4. The Morgan fingerprint density at radius 2 is 1.23 bits per heavy atom. The molecule has 0 spiro atoms. The molecule has 5 heteroatoms. The largest absolute Gasteiger partial charge is 0.456 e. The van der Waals surface area contributed by atoms with Crippen LogP contribution in [0.25, 0.3) is 74.8 Å². The molecule has 8 aromatic carbocycles. The van der Waals surface area contributed by atoms with E-state index in [-0.39, 0.29) is 6.17 Å². The van der Waals surface area contributed by atoms with Crippen LogP contribution >= 0.6 is 11.3 Å². The SMILES string of the molecule is c1ccc(C2=NC(c3ccc4c(c3)sc3ccccc34)NC(c3cc(-c4ccc5ccccc5c4)cc4oc5cc6ccccc6cc5c34)=N2)cc1.